The molecule has 0 radical (unpaired) electrons. The van der Waals surface area contributed by atoms with E-state index in [1.54, 1.807) is 24.2 Å². The van der Waals surface area contributed by atoms with Crippen molar-refractivity contribution in [3.63, 3.8) is 0 Å². The zero-order chi connectivity index (χ0) is 26.5. The first-order chi connectivity index (χ1) is 16.9. The van der Waals surface area contributed by atoms with Crippen LogP contribution in [0.5, 0.6) is 0 Å². The first-order valence-electron chi connectivity index (χ1n) is 12.8. The third-order valence-electron chi connectivity index (χ3n) is 6.23. The van der Waals surface area contributed by atoms with Crippen LogP contribution < -0.4 is 24.8 Å². The number of rotatable bonds is 1. The molecule has 1 aliphatic rings. The van der Waals surface area contributed by atoms with Crippen molar-refractivity contribution in [3.05, 3.63) is 113 Å². The third-order valence-corrected chi connectivity index (χ3v) is 6.23. The van der Waals surface area contributed by atoms with Gasteiger partial charge in [0.25, 0.3) is 0 Å². The number of halogens is 2. The molecule has 200 valence electrons. The van der Waals surface area contributed by atoms with Crippen LogP contribution in [0, 0.1) is 6.07 Å². The Morgan fingerprint density at radius 1 is 0.763 bits per heavy atom. The molecule has 0 N–H and O–H groups in total. The van der Waals surface area contributed by atoms with Crippen molar-refractivity contribution in [2.75, 3.05) is 0 Å². The Labute approximate surface area is 258 Å². The van der Waals surface area contributed by atoms with Gasteiger partial charge in [-0.1, -0.05) is 101 Å². The molecule has 0 heterocycles. The third kappa shape index (κ3) is 9.52. The molecule has 4 aromatic carbocycles. The molecule has 5 rings (SSSR count). The summed E-state index contributed by atoms with van der Waals surface area (Å²) >= 11 is 1.55. The number of hydrogen-bond acceptors (Lipinski definition) is 0. The van der Waals surface area contributed by atoms with E-state index in [1.165, 1.54) is 47.7 Å². The SMILES string of the molecule is CC(C)(C)c1[c-]c2c(cc1)-c1ccc(C(C)(C)C)cc1C2.C[C](C)=[Zr+2].[Cl-].[Cl-].c1ccc(-c2cc[cH-]c2)cc1. The van der Waals surface area contributed by atoms with E-state index in [-0.39, 0.29) is 35.6 Å². The summed E-state index contributed by atoms with van der Waals surface area (Å²) in [6, 6.07) is 33.9. The second kappa shape index (κ2) is 14.6. The van der Waals surface area contributed by atoms with Crippen molar-refractivity contribution < 1.29 is 49.0 Å². The fourth-order valence-corrected chi connectivity index (χ4v) is 4.22. The molecule has 0 amide bonds. The van der Waals surface area contributed by atoms with E-state index in [9.17, 15) is 0 Å². The molecule has 0 unspecified atom stereocenters. The van der Waals surface area contributed by atoms with Gasteiger partial charge in [0.05, 0.1) is 0 Å². The van der Waals surface area contributed by atoms with Gasteiger partial charge in [0.2, 0.25) is 0 Å². The average Bonchev–Trinajstić information content (AvgIpc) is 3.46. The van der Waals surface area contributed by atoms with E-state index >= 15 is 0 Å². The normalized spacial score (nSPS) is 11.3. The van der Waals surface area contributed by atoms with Crippen molar-refractivity contribution in [2.24, 2.45) is 0 Å². The van der Waals surface area contributed by atoms with Crippen molar-refractivity contribution in [3.8, 4) is 22.3 Å². The Morgan fingerprint density at radius 3 is 1.89 bits per heavy atom. The zero-order valence-corrected chi connectivity index (χ0v) is 28.0. The molecule has 0 fully saturated rings. The molecular formula is C35H40Cl2Zr-2. The van der Waals surface area contributed by atoms with Gasteiger partial charge in [0, 0.05) is 0 Å². The zero-order valence-electron chi connectivity index (χ0n) is 24.0. The number of fused-ring (bicyclic) bond motifs is 3. The van der Waals surface area contributed by atoms with E-state index in [1.807, 2.05) is 6.07 Å². The van der Waals surface area contributed by atoms with Crippen LogP contribution in [0.2, 0.25) is 0 Å². The Balaban J connectivity index is 0.000000358. The summed E-state index contributed by atoms with van der Waals surface area (Å²) in [6.07, 6.45) is 1.03. The van der Waals surface area contributed by atoms with Crippen molar-refractivity contribution >= 4 is 3.21 Å². The van der Waals surface area contributed by atoms with Gasteiger partial charge in [-0.05, 0) is 28.4 Å². The maximum Gasteiger partial charge on any atom is -0.0623 e. The number of hydrogen-bond donors (Lipinski definition) is 0. The fourth-order valence-electron chi connectivity index (χ4n) is 4.22. The maximum atomic E-state index is 3.67. The Bertz CT molecular complexity index is 1220. The van der Waals surface area contributed by atoms with Crippen LogP contribution in [0.15, 0.2) is 84.9 Å². The molecule has 0 saturated heterocycles. The van der Waals surface area contributed by atoms with Crippen LogP contribution in [0.25, 0.3) is 22.3 Å². The summed E-state index contributed by atoms with van der Waals surface area (Å²) in [6.45, 7) is 17.8. The molecule has 0 aromatic heterocycles. The minimum absolute atomic E-state index is 0. The van der Waals surface area contributed by atoms with Gasteiger partial charge in [0.15, 0.2) is 0 Å². The monoisotopic (exact) mass is 620 g/mol. The van der Waals surface area contributed by atoms with E-state index in [0.717, 1.165) is 6.42 Å². The van der Waals surface area contributed by atoms with E-state index < -0.39 is 0 Å². The standard InChI is InChI=1S/C21H25.C11H9.C3H6.2ClH.Zr/c1-20(2,3)16-7-9-18-14(12-16)11-15-13-17(21(4,5)6)8-10-19(15)18;1-2-6-10(7-3-1)11-8-4-5-9-11;1-3-2;;;/h7-10,12H,11H2,1-6H3;1-9H;1-2H3;2*1H;/q2*-1;;;;+2/p-2. The summed E-state index contributed by atoms with van der Waals surface area (Å²) in [5.74, 6) is 0. The van der Waals surface area contributed by atoms with Crippen molar-refractivity contribution in [1.82, 2.24) is 0 Å². The average molecular weight is 623 g/mol. The van der Waals surface area contributed by atoms with Gasteiger partial charge in [-0.15, -0.1) is 11.1 Å². The molecule has 3 heteroatoms. The second-order valence-electron chi connectivity index (χ2n) is 11.9. The van der Waals surface area contributed by atoms with E-state index in [2.05, 4.69) is 140 Å². The predicted octanol–water partition coefficient (Wildman–Crippen LogP) is 3.48. The van der Waals surface area contributed by atoms with Crippen LogP contribution in [0.3, 0.4) is 0 Å². The second-order valence-corrected chi connectivity index (χ2v) is 14.3. The topological polar surface area (TPSA) is 0 Å². The quantitative estimate of drug-likeness (QED) is 0.252. The smallest absolute Gasteiger partial charge is 0.0623 e. The molecule has 1 aliphatic carbocycles. The first kappa shape index (κ1) is 34.4. The van der Waals surface area contributed by atoms with Gasteiger partial charge in [-0.3, -0.25) is 0 Å². The fraction of sp³-hybridized carbons (Fsp3) is 0.314. The molecule has 0 aliphatic heterocycles. The summed E-state index contributed by atoms with van der Waals surface area (Å²) in [5.41, 5.74) is 11.3. The summed E-state index contributed by atoms with van der Waals surface area (Å²) in [4.78, 5) is 0. The molecule has 0 spiro atoms. The van der Waals surface area contributed by atoms with Crippen molar-refractivity contribution in [1.29, 1.82) is 0 Å². The van der Waals surface area contributed by atoms with Gasteiger partial charge in [0.1, 0.15) is 0 Å². The molecule has 0 atom stereocenters. The van der Waals surface area contributed by atoms with Gasteiger partial charge in [-0.25, -0.2) is 6.07 Å². The van der Waals surface area contributed by atoms with Crippen LogP contribution in [0.4, 0.5) is 0 Å². The summed E-state index contributed by atoms with van der Waals surface area (Å²) < 4.78 is 1.51. The Hall–Kier alpha value is -1.66. The maximum absolute atomic E-state index is 3.67. The summed E-state index contributed by atoms with van der Waals surface area (Å²) in [7, 11) is 0. The molecule has 0 bridgehead atoms. The van der Waals surface area contributed by atoms with E-state index in [0.29, 0.717) is 0 Å². The Morgan fingerprint density at radius 2 is 1.37 bits per heavy atom. The van der Waals surface area contributed by atoms with Gasteiger partial charge in [-0.2, -0.15) is 47.5 Å². The number of benzene rings is 3. The molecule has 38 heavy (non-hydrogen) atoms. The molecule has 4 aromatic rings. The van der Waals surface area contributed by atoms with Gasteiger partial charge >= 0.3 is 41.3 Å². The van der Waals surface area contributed by atoms with E-state index in [4.69, 9.17) is 0 Å². The van der Waals surface area contributed by atoms with Crippen molar-refractivity contribution in [2.45, 2.75) is 72.6 Å². The first-order valence-corrected chi connectivity index (χ1v) is 14.1. The van der Waals surface area contributed by atoms with Crippen LogP contribution in [-0.4, -0.2) is 3.21 Å². The van der Waals surface area contributed by atoms with Gasteiger partial charge < -0.3 is 24.8 Å². The largest absolute Gasteiger partial charge is 1.00 e. The van der Waals surface area contributed by atoms with Crippen LogP contribution >= 0.6 is 0 Å². The summed E-state index contributed by atoms with van der Waals surface area (Å²) in [5, 5.41) is 0. The molecule has 0 nitrogen and oxygen atoms in total. The van der Waals surface area contributed by atoms with Crippen LogP contribution in [-0.2, 0) is 41.5 Å². The molecule has 0 saturated carbocycles. The minimum atomic E-state index is 0. The Kier molecular flexibility index (Phi) is 13.3. The molecular weight excluding hydrogens is 583 g/mol. The minimum Gasteiger partial charge on any atom is -1.00 e. The van der Waals surface area contributed by atoms with Crippen LogP contribution in [0.1, 0.15) is 77.6 Å². The predicted molar refractivity (Wildman–Crippen MR) is 155 cm³/mol.